The molecule has 0 N–H and O–H groups in total. The van der Waals surface area contributed by atoms with Crippen LogP contribution in [0.5, 0.6) is 0 Å². The molecular weight excluding hydrogens is 697 g/mol. The van der Waals surface area contributed by atoms with Crippen LogP contribution in [0.4, 0.5) is 0 Å². The summed E-state index contributed by atoms with van der Waals surface area (Å²) in [5.74, 6) is 0.578. The number of furan rings is 1. The lowest BCUT2D eigenvalue weighted by atomic mass is 10.0. The van der Waals surface area contributed by atoms with Gasteiger partial charge in [-0.05, 0) is 42.4 Å². The van der Waals surface area contributed by atoms with Crippen molar-refractivity contribution in [2.45, 2.75) is 0 Å². The van der Waals surface area contributed by atoms with Gasteiger partial charge in [-0.15, -0.1) is 0 Å². The van der Waals surface area contributed by atoms with Gasteiger partial charge in [-0.3, -0.25) is 0 Å². The molecule has 0 fully saturated rings. The average Bonchev–Trinajstić information content (AvgIpc) is 3.97. The van der Waals surface area contributed by atoms with E-state index < -0.39 is 0 Å². The fraction of sp³-hybridized carbons (Fsp3) is 0. The van der Waals surface area contributed by atoms with Crippen molar-refractivity contribution in [3.63, 3.8) is 0 Å². The molecule has 5 heteroatoms. The molecule has 0 aliphatic heterocycles. The van der Waals surface area contributed by atoms with Crippen LogP contribution in [0.3, 0.4) is 0 Å². The van der Waals surface area contributed by atoms with Crippen molar-refractivity contribution in [2.75, 3.05) is 0 Å². The fourth-order valence-electron chi connectivity index (χ4n) is 8.36. The predicted octanol–water partition coefficient (Wildman–Crippen LogP) is 13.6. The van der Waals surface area contributed by atoms with Crippen molar-refractivity contribution in [1.29, 1.82) is 0 Å². The van der Waals surface area contributed by atoms with Crippen LogP contribution in [0.1, 0.15) is 8.22 Å². The van der Waals surface area contributed by atoms with Gasteiger partial charge < -0.3 is 13.6 Å². The lowest BCUT2D eigenvalue weighted by Gasteiger charge is -2.12. The van der Waals surface area contributed by atoms with E-state index in [-0.39, 0.29) is 36.3 Å². The van der Waals surface area contributed by atoms with Gasteiger partial charge in [0, 0.05) is 54.7 Å². The molecule has 57 heavy (non-hydrogen) atoms. The molecule has 12 rings (SSSR count). The van der Waals surface area contributed by atoms with Crippen molar-refractivity contribution in [3.8, 4) is 45.3 Å². The molecule has 0 spiro atoms. The molecular formula is C52H32N4O. The summed E-state index contributed by atoms with van der Waals surface area (Å²) in [7, 11) is 0. The highest BCUT2D eigenvalue weighted by Gasteiger charge is 2.24. The van der Waals surface area contributed by atoms with Crippen LogP contribution in [0, 0.1) is 0 Å². The van der Waals surface area contributed by atoms with E-state index in [1.165, 1.54) is 12.1 Å². The van der Waals surface area contributed by atoms with Gasteiger partial charge in [0.05, 0.1) is 47.4 Å². The maximum atomic E-state index is 9.64. The van der Waals surface area contributed by atoms with Crippen molar-refractivity contribution in [1.82, 2.24) is 19.1 Å². The number of aromatic nitrogens is 4. The molecule has 4 heterocycles. The van der Waals surface area contributed by atoms with Crippen LogP contribution in [0.25, 0.3) is 111 Å². The highest BCUT2D eigenvalue weighted by atomic mass is 16.3. The molecule has 0 atom stereocenters. The minimum Gasteiger partial charge on any atom is -0.453 e. The number of hydrogen-bond acceptors (Lipinski definition) is 3. The quantitative estimate of drug-likeness (QED) is 0.177. The first-order valence-corrected chi connectivity index (χ1v) is 18.8. The zero-order valence-electron chi connectivity index (χ0n) is 36.2. The Morgan fingerprint density at radius 2 is 1.02 bits per heavy atom. The number of fused-ring (bicyclic) bond motifs is 10. The van der Waals surface area contributed by atoms with Crippen LogP contribution in [0.15, 0.2) is 198 Å². The molecule has 0 unspecified atom stereocenters. The van der Waals surface area contributed by atoms with Crippen molar-refractivity contribution < 1.29 is 12.6 Å². The van der Waals surface area contributed by atoms with Crippen LogP contribution in [-0.2, 0) is 0 Å². The van der Waals surface area contributed by atoms with E-state index in [4.69, 9.17) is 17.1 Å². The molecule has 266 valence electrons. The molecule has 0 radical (unpaired) electrons. The van der Waals surface area contributed by atoms with E-state index in [9.17, 15) is 5.48 Å². The third-order valence-corrected chi connectivity index (χ3v) is 10.9. The summed E-state index contributed by atoms with van der Waals surface area (Å²) in [4.78, 5) is 10.1. The number of hydrogen-bond donors (Lipinski definition) is 0. The Labute approximate surface area is 335 Å². The maximum absolute atomic E-state index is 9.64. The molecule has 0 bridgehead atoms. The number of para-hydroxylation sites is 5. The second kappa shape index (κ2) is 12.4. The molecule has 5 nitrogen and oxygen atoms in total. The van der Waals surface area contributed by atoms with Crippen LogP contribution >= 0.6 is 0 Å². The molecule has 12 aromatic rings. The minimum atomic E-state index is -0.0773. The molecule has 8 aromatic carbocycles. The highest BCUT2D eigenvalue weighted by Crippen LogP contribution is 2.44. The topological polar surface area (TPSA) is 48.8 Å². The van der Waals surface area contributed by atoms with Crippen molar-refractivity contribution in [2.24, 2.45) is 0 Å². The van der Waals surface area contributed by atoms with Gasteiger partial charge >= 0.3 is 0 Å². The minimum absolute atomic E-state index is 0.0654. The molecule has 4 aromatic heterocycles. The molecule has 0 amide bonds. The smallest absolute Gasteiger partial charge is 0.160 e. The summed E-state index contributed by atoms with van der Waals surface area (Å²) in [5, 5.41) is 3.49. The standard InChI is InChI=1S/C52H32N4O/c1-4-16-33(17-5-1)43-32-44(54-52(53-43)34-18-6-2-7-19-34)42-26-14-24-40-41-25-15-29-47(51(41)57-50(40)42)56-46-28-13-11-23-37(46)39-31-30-38-36-22-10-12-27-45(36)55(48(38)49(39)56)35-20-8-3-9-21-35/h1-32H/i10D,11D,27D,28D,30D,31D. The van der Waals surface area contributed by atoms with E-state index in [2.05, 4.69) is 0 Å². The van der Waals surface area contributed by atoms with E-state index >= 15 is 0 Å². The number of rotatable bonds is 5. The number of nitrogens with zero attached hydrogens (tertiary/aromatic N) is 4. The predicted molar refractivity (Wildman–Crippen MR) is 234 cm³/mol. The fourth-order valence-corrected chi connectivity index (χ4v) is 8.36. The first kappa shape index (κ1) is 26.1. The summed E-state index contributed by atoms with van der Waals surface area (Å²) >= 11 is 0. The van der Waals surface area contributed by atoms with E-state index in [1.807, 2.05) is 143 Å². The van der Waals surface area contributed by atoms with Gasteiger partial charge in [-0.25, -0.2) is 9.97 Å². The van der Waals surface area contributed by atoms with Crippen molar-refractivity contribution in [3.05, 3.63) is 194 Å². The average molecular weight is 735 g/mol. The van der Waals surface area contributed by atoms with Gasteiger partial charge in [0.2, 0.25) is 0 Å². The van der Waals surface area contributed by atoms with Gasteiger partial charge in [-0.2, -0.15) is 0 Å². The lowest BCUT2D eigenvalue weighted by Crippen LogP contribution is -1.98. The van der Waals surface area contributed by atoms with Crippen LogP contribution < -0.4 is 0 Å². The summed E-state index contributed by atoms with van der Waals surface area (Å²) in [6, 6.07) is 49.9. The Kier molecular flexibility index (Phi) is 5.67. The Bertz CT molecular complexity index is 3800. The normalized spacial score (nSPS) is 13.3. The third-order valence-electron chi connectivity index (χ3n) is 10.9. The Hall–Kier alpha value is -7.76. The maximum Gasteiger partial charge on any atom is 0.160 e. The monoisotopic (exact) mass is 734 g/mol. The third kappa shape index (κ3) is 4.76. The largest absolute Gasteiger partial charge is 0.453 e. The summed E-state index contributed by atoms with van der Waals surface area (Å²) in [5.41, 5.74) is 8.51. The SMILES string of the molecule is [2H]c1cc([2H])c2c(c1)c1c([2H])c([2H])c3c4cc([2H])cc([2H])c4n(-c4cccc5c4oc4c(-c6cc(-c7ccccc7)nc(-c7ccccc7)n6)cccc45)c3c1n2-c1ccccc1. The zero-order valence-corrected chi connectivity index (χ0v) is 30.2. The lowest BCUT2D eigenvalue weighted by molar-refractivity contribution is 0.667. The van der Waals surface area contributed by atoms with E-state index in [0.717, 1.165) is 38.8 Å². The molecule has 0 saturated carbocycles. The van der Waals surface area contributed by atoms with E-state index in [0.29, 0.717) is 72.0 Å². The highest BCUT2D eigenvalue weighted by molar-refractivity contribution is 6.24. The second-order valence-corrected chi connectivity index (χ2v) is 14.1. The zero-order chi connectivity index (χ0) is 42.7. The second-order valence-electron chi connectivity index (χ2n) is 14.1. The van der Waals surface area contributed by atoms with Crippen LogP contribution in [0.2, 0.25) is 0 Å². The van der Waals surface area contributed by atoms with Gasteiger partial charge in [-0.1, -0.05) is 152 Å². The summed E-state index contributed by atoms with van der Waals surface area (Å²) < 4.78 is 66.2. The first-order chi connectivity index (χ1) is 30.7. The van der Waals surface area contributed by atoms with Gasteiger partial charge in [0.15, 0.2) is 11.4 Å². The molecule has 0 saturated heterocycles. The summed E-state index contributed by atoms with van der Waals surface area (Å²) in [6.07, 6.45) is 0. The Morgan fingerprint density at radius 3 is 1.72 bits per heavy atom. The van der Waals surface area contributed by atoms with Gasteiger partial charge in [0.25, 0.3) is 0 Å². The molecule has 0 aliphatic carbocycles. The van der Waals surface area contributed by atoms with E-state index in [1.54, 1.807) is 12.1 Å². The first-order valence-electron chi connectivity index (χ1n) is 21.8. The van der Waals surface area contributed by atoms with Gasteiger partial charge in [0.1, 0.15) is 5.58 Å². The van der Waals surface area contributed by atoms with Crippen molar-refractivity contribution >= 4 is 65.6 Å². The summed E-state index contributed by atoms with van der Waals surface area (Å²) in [6.45, 7) is 0. The Morgan fingerprint density at radius 1 is 0.439 bits per heavy atom. The Balaban J connectivity index is 1.22. The number of benzene rings is 8. The van der Waals surface area contributed by atoms with Crippen LogP contribution in [-0.4, -0.2) is 19.1 Å². The molecule has 0 aliphatic rings.